The predicted octanol–water partition coefficient (Wildman–Crippen LogP) is 4.85. The third-order valence-corrected chi connectivity index (χ3v) is 6.62. The molecule has 36 heavy (non-hydrogen) atoms. The highest BCUT2D eigenvalue weighted by atomic mass is 16.2. The molecule has 0 spiro atoms. The number of piperidine rings is 1. The minimum absolute atomic E-state index is 0.0137. The highest BCUT2D eigenvalue weighted by Gasteiger charge is 2.29. The number of carbonyl (C=O) groups is 3. The third-order valence-electron chi connectivity index (χ3n) is 6.62. The maximum Gasteiger partial charge on any atom is 0.255 e. The minimum Gasteiger partial charge on any atom is -0.356 e. The number of rotatable bonds is 8. The maximum absolute atomic E-state index is 13.2. The SMILES string of the molecule is Cc1ccccc1C(=O)Nc1cccc(C(=O)N2CCC[C@@H](C(=O)NCCCc3ccccc3)C2)c1. The van der Waals surface area contributed by atoms with Crippen LogP contribution < -0.4 is 10.6 Å². The summed E-state index contributed by atoms with van der Waals surface area (Å²) in [6.45, 7) is 3.54. The number of nitrogens with zero attached hydrogens (tertiary/aromatic N) is 1. The molecular formula is C30H33N3O3. The Morgan fingerprint density at radius 3 is 2.53 bits per heavy atom. The van der Waals surface area contributed by atoms with Crippen molar-refractivity contribution in [1.82, 2.24) is 10.2 Å². The van der Waals surface area contributed by atoms with Gasteiger partial charge in [0.1, 0.15) is 0 Å². The van der Waals surface area contributed by atoms with Crippen molar-refractivity contribution in [2.75, 3.05) is 25.0 Å². The van der Waals surface area contributed by atoms with Gasteiger partial charge in [-0.05, 0) is 68.0 Å². The first-order valence-corrected chi connectivity index (χ1v) is 12.6. The Labute approximate surface area is 212 Å². The summed E-state index contributed by atoms with van der Waals surface area (Å²) in [4.78, 5) is 40.4. The molecule has 2 N–H and O–H groups in total. The number of amides is 3. The second-order valence-electron chi connectivity index (χ2n) is 9.32. The van der Waals surface area contributed by atoms with E-state index in [0.717, 1.165) is 31.2 Å². The molecule has 3 aromatic carbocycles. The Kier molecular flexibility index (Phi) is 8.50. The highest BCUT2D eigenvalue weighted by molar-refractivity contribution is 6.06. The zero-order chi connectivity index (χ0) is 25.3. The van der Waals surface area contributed by atoms with Gasteiger partial charge in [0.2, 0.25) is 5.91 Å². The molecule has 1 aliphatic heterocycles. The van der Waals surface area contributed by atoms with Crippen LogP contribution in [0.4, 0.5) is 5.69 Å². The van der Waals surface area contributed by atoms with E-state index >= 15 is 0 Å². The molecule has 4 rings (SSSR count). The van der Waals surface area contributed by atoms with Crippen molar-refractivity contribution in [3.63, 3.8) is 0 Å². The predicted molar refractivity (Wildman–Crippen MR) is 142 cm³/mol. The molecule has 1 fully saturated rings. The molecule has 1 aliphatic rings. The highest BCUT2D eigenvalue weighted by Crippen LogP contribution is 2.21. The minimum atomic E-state index is -0.209. The van der Waals surface area contributed by atoms with Crippen LogP contribution in [-0.2, 0) is 11.2 Å². The number of hydrogen-bond acceptors (Lipinski definition) is 3. The standard InChI is InChI=1S/C30H33N3O3/c1-22-10-5-6-17-27(22)29(35)32-26-16-7-14-24(20-26)30(36)33-19-9-15-25(21-33)28(34)31-18-8-13-23-11-3-2-4-12-23/h2-7,10-12,14,16-17,20,25H,8-9,13,15,18-19,21H2,1H3,(H,31,34)(H,32,35)/t25-/m1/s1. The van der Waals surface area contributed by atoms with Crippen LogP contribution in [-0.4, -0.2) is 42.3 Å². The lowest BCUT2D eigenvalue weighted by Gasteiger charge is -2.32. The first kappa shape index (κ1) is 25.2. The summed E-state index contributed by atoms with van der Waals surface area (Å²) in [5.74, 6) is -0.522. The van der Waals surface area contributed by atoms with Gasteiger partial charge < -0.3 is 15.5 Å². The second kappa shape index (κ2) is 12.2. The molecule has 0 unspecified atom stereocenters. The van der Waals surface area contributed by atoms with E-state index < -0.39 is 0 Å². The summed E-state index contributed by atoms with van der Waals surface area (Å²) in [7, 11) is 0. The van der Waals surface area contributed by atoms with Crippen molar-refractivity contribution < 1.29 is 14.4 Å². The van der Waals surface area contributed by atoms with Gasteiger partial charge in [-0.2, -0.15) is 0 Å². The average molecular weight is 484 g/mol. The summed E-state index contributed by atoms with van der Waals surface area (Å²) in [5.41, 5.74) is 3.82. The van der Waals surface area contributed by atoms with E-state index in [1.807, 2.05) is 43.3 Å². The second-order valence-corrected chi connectivity index (χ2v) is 9.32. The van der Waals surface area contributed by atoms with E-state index in [1.54, 1.807) is 35.2 Å². The average Bonchev–Trinajstić information content (AvgIpc) is 2.91. The lowest BCUT2D eigenvalue weighted by Crippen LogP contribution is -2.45. The summed E-state index contributed by atoms with van der Waals surface area (Å²) in [6, 6.07) is 24.6. The normalized spacial score (nSPS) is 15.2. The van der Waals surface area contributed by atoms with E-state index in [9.17, 15) is 14.4 Å². The van der Waals surface area contributed by atoms with Gasteiger partial charge in [-0.3, -0.25) is 14.4 Å². The van der Waals surface area contributed by atoms with Crippen LogP contribution in [0.3, 0.4) is 0 Å². The Morgan fingerprint density at radius 1 is 0.944 bits per heavy atom. The zero-order valence-electron chi connectivity index (χ0n) is 20.7. The molecule has 0 radical (unpaired) electrons. The van der Waals surface area contributed by atoms with E-state index in [4.69, 9.17) is 0 Å². The molecule has 1 atom stereocenters. The van der Waals surface area contributed by atoms with Crippen molar-refractivity contribution in [3.05, 3.63) is 101 Å². The number of carbonyl (C=O) groups excluding carboxylic acids is 3. The van der Waals surface area contributed by atoms with Gasteiger partial charge in [-0.15, -0.1) is 0 Å². The molecule has 0 saturated carbocycles. The van der Waals surface area contributed by atoms with Crippen LogP contribution >= 0.6 is 0 Å². The quantitative estimate of drug-likeness (QED) is 0.450. The summed E-state index contributed by atoms with van der Waals surface area (Å²) in [5, 5.41) is 5.94. The molecule has 6 heteroatoms. The largest absolute Gasteiger partial charge is 0.356 e. The Morgan fingerprint density at radius 2 is 1.72 bits per heavy atom. The zero-order valence-corrected chi connectivity index (χ0v) is 20.7. The fraction of sp³-hybridized carbons (Fsp3) is 0.300. The first-order valence-electron chi connectivity index (χ1n) is 12.6. The molecule has 0 aromatic heterocycles. The number of hydrogen-bond donors (Lipinski definition) is 2. The third kappa shape index (κ3) is 6.60. The molecule has 3 amide bonds. The number of benzene rings is 3. The van der Waals surface area contributed by atoms with E-state index in [0.29, 0.717) is 36.4 Å². The van der Waals surface area contributed by atoms with Gasteiger partial charge in [0, 0.05) is 36.4 Å². The molecule has 186 valence electrons. The van der Waals surface area contributed by atoms with Crippen LogP contribution in [0.1, 0.15) is 51.1 Å². The number of likely N-dealkylation sites (tertiary alicyclic amines) is 1. The van der Waals surface area contributed by atoms with Gasteiger partial charge in [-0.25, -0.2) is 0 Å². The van der Waals surface area contributed by atoms with Crippen LogP contribution in [0.25, 0.3) is 0 Å². The number of aryl methyl sites for hydroxylation is 2. The molecule has 0 bridgehead atoms. The van der Waals surface area contributed by atoms with Crippen molar-refractivity contribution in [3.8, 4) is 0 Å². The monoisotopic (exact) mass is 483 g/mol. The fourth-order valence-electron chi connectivity index (χ4n) is 4.61. The molecular weight excluding hydrogens is 450 g/mol. The summed E-state index contributed by atoms with van der Waals surface area (Å²) >= 11 is 0. The number of anilines is 1. The Balaban J connectivity index is 1.30. The summed E-state index contributed by atoms with van der Waals surface area (Å²) < 4.78 is 0. The van der Waals surface area contributed by atoms with Crippen LogP contribution in [0.5, 0.6) is 0 Å². The Bertz CT molecular complexity index is 1210. The molecule has 1 heterocycles. The van der Waals surface area contributed by atoms with Crippen molar-refractivity contribution in [1.29, 1.82) is 0 Å². The maximum atomic E-state index is 13.2. The van der Waals surface area contributed by atoms with E-state index in [2.05, 4.69) is 22.8 Å². The molecule has 1 saturated heterocycles. The van der Waals surface area contributed by atoms with Crippen molar-refractivity contribution >= 4 is 23.4 Å². The van der Waals surface area contributed by atoms with Crippen LogP contribution in [0.2, 0.25) is 0 Å². The van der Waals surface area contributed by atoms with E-state index in [1.165, 1.54) is 5.56 Å². The van der Waals surface area contributed by atoms with Gasteiger partial charge in [-0.1, -0.05) is 54.6 Å². The van der Waals surface area contributed by atoms with Crippen molar-refractivity contribution in [2.45, 2.75) is 32.6 Å². The fourth-order valence-corrected chi connectivity index (χ4v) is 4.61. The van der Waals surface area contributed by atoms with Crippen LogP contribution in [0.15, 0.2) is 78.9 Å². The molecule has 3 aromatic rings. The Hall–Kier alpha value is -3.93. The topological polar surface area (TPSA) is 78.5 Å². The molecule has 0 aliphatic carbocycles. The summed E-state index contributed by atoms with van der Waals surface area (Å²) in [6.07, 6.45) is 3.37. The van der Waals surface area contributed by atoms with Gasteiger partial charge >= 0.3 is 0 Å². The lowest BCUT2D eigenvalue weighted by molar-refractivity contribution is -0.126. The lowest BCUT2D eigenvalue weighted by atomic mass is 9.96. The van der Waals surface area contributed by atoms with Crippen LogP contribution in [0, 0.1) is 12.8 Å². The van der Waals surface area contributed by atoms with Gasteiger partial charge in [0.15, 0.2) is 0 Å². The van der Waals surface area contributed by atoms with Gasteiger partial charge in [0.05, 0.1) is 5.92 Å². The van der Waals surface area contributed by atoms with E-state index in [-0.39, 0.29) is 23.6 Å². The van der Waals surface area contributed by atoms with Crippen molar-refractivity contribution in [2.24, 2.45) is 5.92 Å². The number of nitrogens with one attached hydrogen (secondary N) is 2. The smallest absolute Gasteiger partial charge is 0.255 e. The first-order chi connectivity index (χ1) is 17.5. The van der Waals surface area contributed by atoms with Gasteiger partial charge in [0.25, 0.3) is 11.8 Å². The molecule has 6 nitrogen and oxygen atoms in total.